The number of esters is 1. The van der Waals surface area contributed by atoms with Crippen molar-refractivity contribution in [2.24, 2.45) is 0 Å². The van der Waals surface area contributed by atoms with Gasteiger partial charge in [0.1, 0.15) is 5.00 Å². The maximum atomic E-state index is 12.3. The summed E-state index contributed by atoms with van der Waals surface area (Å²) >= 11 is 1.40. The van der Waals surface area contributed by atoms with E-state index in [1.165, 1.54) is 11.3 Å². The molecule has 24 heavy (non-hydrogen) atoms. The van der Waals surface area contributed by atoms with Crippen LogP contribution in [0.15, 0.2) is 17.8 Å². The molecule has 2 heterocycles. The smallest absolute Gasteiger partial charge is 0.341 e. The van der Waals surface area contributed by atoms with Gasteiger partial charge in [0.25, 0.3) is 0 Å². The summed E-state index contributed by atoms with van der Waals surface area (Å²) in [5.74, 6) is -0.0464. The number of amides is 1. The summed E-state index contributed by atoms with van der Waals surface area (Å²) in [6.45, 7) is 4.58. The van der Waals surface area contributed by atoms with Crippen molar-refractivity contribution in [3.8, 4) is 0 Å². The number of nitrogens with one attached hydrogen (secondary N) is 1. The van der Waals surface area contributed by atoms with E-state index < -0.39 is 0 Å². The van der Waals surface area contributed by atoms with Gasteiger partial charge in [0.05, 0.1) is 18.4 Å². The van der Waals surface area contributed by atoms with Gasteiger partial charge < -0.3 is 10.1 Å². The van der Waals surface area contributed by atoms with E-state index >= 15 is 0 Å². The summed E-state index contributed by atoms with van der Waals surface area (Å²) in [5, 5.41) is 9.60. The van der Waals surface area contributed by atoms with Crippen molar-refractivity contribution in [2.45, 2.75) is 45.6 Å². The number of carbonyl (C=O) groups excluding carboxylic acids is 2. The molecule has 1 saturated carbocycles. The minimum absolute atomic E-state index is 0.127. The van der Waals surface area contributed by atoms with Crippen LogP contribution in [-0.4, -0.2) is 28.3 Å². The van der Waals surface area contributed by atoms with Gasteiger partial charge in [0, 0.05) is 19.2 Å². The Kier molecular flexibility index (Phi) is 4.99. The monoisotopic (exact) mass is 347 g/mol. The quantitative estimate of drug-likeness (QED) is 0.780. The number of anilines is 1. The molecule has 0 atom stereocenters. The van der Waals surface area contributed by atoms with Crippen LogP contribution in [0.25, 0.3) is 0 Å². The van der Waals surface area contributed by atoms with E-state index in [9.17, 15) is 9.59 Å². The van der Waals surface area contributed by atoms with E-state index in [1.54, 1.807) is 17.8 Å². The van der Waals surface area contributed by atoms with Crippen molar-refractivity contribution in [3.05, 3.63) is 34.5 Å². The first-order chi connectivity index (χ1) is 11.6. The van der Waals surface area contributed by atoms with Gasteiger partial charge in [-0.05, 0) is 49.1 Å². The van der Waals surface area contributed by atoms with Crippen molar-refractivity contribution < 1.29 is 14.3 Å². The van der Waals surface area contributed by atoms with Gasteiger partial charge in [-0.25, -0.2) is 4.79 Å². The molecular formula is C17H21N3O3S. The Labute approximate surface area is 144 Å². The molecule has 0 bridgehead atoms. The molecule has 6 nitrogen and oxygen atoms in total. The second-order valence-electron chi connectivity index (χ2n) is 5.97. The van der Waals surface area contributed by atoms with E-state index in [2.05, 4.69) is 10.4 Å². The fraction of sp³-hybridized carbons (Fsp3) is 0.471. The first-order valence-electron chi connectivity index (χ1n) is 8.16. The third kappa shape index (κ3) is 3.84. The summed E-state index contributed by atoms with van der Waals surface area (Å²) in [4.78, 5) is 24.5. The number of hydrogen-bond donors (Lipinski definition) is 1. The summed E-state index contributed by atoms with van der Waals surface area (Å²) in [6, 6.07) is 0. The normalized spacial score (nSPS) is 13.8. The maximum absolute atomic E-state index is 12.3. The summed E-state index contributed by atoms with van der Waals surface area (Å²) in [5.41, 5.74) is 2.61. The minimum atomic E-state index is -0.348. The Hall–Kier alpha value is -2.15. The zero-order chi connectivity index (χ0) is 17.1. The second kappa shape index (κ2) is 7.17. The summed E-state index contributed by atoms with van der Waals surface area (Å²) in [6.07, 6.45) is 6.15. The molecule has 0 aromatic carbocycles. The molecule has 1 fully saturated rings. The van der Waals surface area contributed by atoms with E-state index in [-0.39, 0.29) is 11.9 Å². The SMILES string of the molecule is CCOC(=O)c1c(C2CC2)csc1NC(=O)CCn1cc(C)cn1. The second-order valence-corrected chi connectivity index (χ2v) is 6.85. The number of carbonyl (C=O) groups is 2. The first-order valence-corrected chi connectivity index (χ1v) is 9.04. The minimum Gasteiger partial charge on any atom is -0.462 e. The van der Waals surface area contributed by atoms with Crippen molar-refractivity contribution in [1.82, 2.24) is 9.78 Å². The lowest BCUT2D eigenvalue weighted by Gasteiger charge is -2.08. The molecule has 1 amide bonds. The molecule has 1 aliphatic rings. The van der Waals surface area contributed by atoms with E-state index in [0.29, 0.717) is 36.1 Å². The highest BCUT2D eigenvalue weighted by atomic mass is 32.1. The number of hydrogen-bond acceptors (Lipinski definition) is 5. The molecule has 1 N–H and O–H groups in total. The Balaban J connectivity index is 1.67. The standard InChI is InChI=1S/C17H21N3O3S/c1-3-23-17(22)15-13(12-4-5-12)10-24-16(15)19-14(21)6-7-20-9-11(2)8-18-20/h8-10,12H,3-7H2,1-2H3,(H,19,21). The molecule has 0 spiro atoms. The highest BCUT2D eigenvalue weighted by molar-refractivity contribution is 7.15. The third-order valence-electron chi connectivity index (χ3n) is 3.90. The van der Waals surface area contributed by atoms with Crippen LogP contribution in [0.3, 0.4) is 0 Å². The molecule has 2 aromatic heterocycles. The zero-order valence-electron chi connectivity index (χ0n) is 13.9. The van der Waals surface area contributed by atoms with Gasteiger partial charge in [0.15, 0.2) is 0 Å². The molecule has 1 aliphatic carbocycles. The zero-order valence-corrected chi connectivity index (χ0v) is 14.7. The molecule has 128 valence electrons. The van der Waals surface area contributed by atoms with Crippen LogP contribution in [0.2, 0.25) is 0 Å². The van der Waals surface area contributed by atoms with Gasteiger partial charge in [-0.2, -0.15) is 5.10 Å². The number of aromatic nitrogens is 2. The van der Waals surface area contributed by atoms with Crippen LogP contribution in [0.4, 0.5) is 5.00 Å². The van der Waals surface area contributed by atoms with Gasteiger partial charge in [-0.3, -0.25) is 9.48 Å². The first kappa shape index (κ1) is 16.7. The lowest BCUT2D eigenvalue weighted by atomic mass is 10.1. The highest BCUT2D eigenvalue weighted by Gasteiger charge is 2.32. The lowest BCUT2D eigenvalue weighted by Crippen LogP contribution is -2.17. The average molecular weight is 347 g/mol. The van der Waals surface area contributed by atoms with Crippen LogP contribution in [-0.2, 0) is 16.1 Å². The Bertz CT molecular complexity index is 746. The molecule has 7 heteroatoms. The van der Waals surface area contributed by atoms with Crippen molar-refractivity contribution in [2.75, 3.05) is 11.9 Å². The Morgan fingerprint density at radius 1 is 1.46 bits per heavy atom. The van der Waals surface area contributed by atoms with E-state index in [4.69, 9.17) is 4.74 Å². The lowest BCUT2D eigenvalue weighted by molar-refractivity contribution is -0.116. The van der Waals surface area contributed by atoms with Gasteiger partial charge in [-0.1, -0.05) is 0 Å². The maximum Gasteiger partial charge on any atom is 0.341 e. The van der Waals surface area contributed by atoms with Crippen LogP contribution in [0.5, 0.6) is 0 Å². The molecule has 0 aliphatic heterocycles. The van der Waals surface area contributed by atoms with Crippen LogP contribution < -0.4 is 5.32 Å². The van der Waals surface area contributed by atoms with Gasteiger partial charge in [0.2, 0.25) is 5.91 Å². The molecule has 3 rings (SSSR count). The van der Waals surface area contributed by atoms with Gasteiger partial charge >= 0.3 is 5.97 Å². The predicted molar refractivity (Wildman–Crippen MR) is 92.5 cm³/mol. The Morgan fingerprint density at radius 2 is 2.25 bits per heavy atom. The molecule has 0 radical (unpaired) electrons. The van der Waals surface area contributed by atoms with Crippen molar-refractivity contribution >= 4 is 28.2 Å². The van der Waals surface area contributed by atoms with Crippen molar-refractivity contribution in [1.29, 1.82) is 0 Å². The van der Waals surface area contributed by atoms with E-state index in [0.717, 1.165) is 24.0 Å². The third-order valence-corrected chi connectivity index (χ3v) is 4.81. The molecule has 0 unspecified atom stereocenters. The Morgan fingerprint density at radius 3 is 2.88 bits per heavy atom. The molecule has 2 aromatic rings. The number of thiophene rings is 1. The fourth-order valence-electron chi connectivity index (χ4n) is 2.57. The highest BCUT2D eigenvalue weighted by Crippen LogP contribution is 2.46. The topological polar surface area (TPSA) is 73.2 Å². The average Bonchev–Trinajstić information content (AvgIpc) is 3.18. The van der Waals surface area contributed by atoms with Crippen LogP contribution >= 0.6 is 11.3 Å². The van der Waals surface area contributed by atoms with Crippen molar-refractivity contribution in [3.63, 3.8) is 0 Å². The number of aryl methyl sites for hydroxylation is 2. The van der Waals surface area contributed by atoms with Crippen LogP contribution in [0.1, 0.15) is 53.6 Å². The van der Waals surface area contributed by atoms with E-state index in [1.807, 2.05) is 18.5 Å². The molecular weight excluding hydrogens is 326 g/mol. The molecule has 0 saturated heterocycles. The van der Waals surface area contributed by atoms with Crippen LogP contribution in [0, 0.1) is 6.92 Å². The fourth-order valence-corrected chi connectivity index (χ4v) is 3.61. The summed E-state index contributed by atoms with van der Waals surface area (Å²) < 4.78 is 6.90. The summed E-state index contributed by atoms with van der Waals surface area (Å²) in [7, 11) is 0. The van der Waals surface area contributed by atoms with Gasteiger partial charge in [-0.15, -0.1) is 11.3 Å². The number of nitrogens with zero attached hydrogens (tertiary/aromatic N) is 2. The predicted octanol–water partition coefficient (Wildman–Crippen LogP) is 3.34. The number of ether oxygens (including phenoxy) is 1. The number of rotatable bonds is 7. The largest absolute Gasteiger partial charge is 0.462 e.